The van der Waals surface area contributed by atoms with Gasteiger partial charge in [0, 0.05) is 68.6 Å². The Morgan fingerprint density at radius 1 is 0.925 bits per heavy atom. The lowest BCUT2D eigenvalue weighted by atomic mass is 10.1. The summed E-state index contributed by atoms with van der Waals surface area (Å²) in [4.78, 5) is 45.2. The van der Waals surface area contributed by atoms with Crippen molar-refractivity contribution in [1.29, 1.82) is 0 Å². The standard InChI is InChI=1S/C30H37N5O5/c1-39-24-9-7-23(8-10-24)33-15-13-32(14-16-33)12-4-11-31-30(38)29(37)26-21-35(27-6-3-2-5-25(26)27)22-28(36)34-17-19-40-20-18-34/h2-3,5-10,21H,4,11-20,22H2,1H3,(H,31,38). The smallest absolute Gasteiger partial charge is 0.292 e. The Morgan fingerprint density at radius 2 is 1.65 bits per heavy atom. The number of nitrogens with zero attached hydrogens (tertiary/aromatic N) is 4. The summed E-state index contributed by atoms with van der Waals surface area (Å²) < 4.78 is 12.3. The fourth-order valence-electron chi connectivity index (χ4n) is 5.35. The Morgan fingerprint density at radius 3 is 2.38 bits per heavy atom. The van der Waals surface area contributed by atoms with E-state index in [0.29, 0.717) is 43.8 Å². The van der Waals surface area contributed by atoms with Gasteiger partial charge in [-0.15, -0.1) is 0 Å². The van der Waals surface area contributed by atoms with Gasteiger partial charge < -0.3 is 29.2 Å². The molecule has 1 N–H and O–H groups in total. The lowest BCUT2D eigenvalue weighted by Gasteiger charge is -2.36. The minimum absolute atomic E-state index is 0.0302. The van der Waals surface area contributed by atoms with E-state index >= 15 is 0 Å². The molecule has 10 nitrogen and oxygen atoms in total. The maximum atomic E-state index is 13.1. The SMILES string of the molecule is COc1ccc(N2CCN(CCCNC(=O)C(=O)c3cn(CC(=O)N4CCOCC4)c4ccccc34)CC2)cc1. The van der Waals surface area contributed by atoms with Crippen molar-refractivity contribution in [3.63, 3.8) is 0 Å². The third-order valence-electron chi connectivity index (χ3n) is 7.66. The van der Waals surface area contributed by atoms with Gasteiger partial charge in [0.15, 0.2) is 0 Å². The normalized spacial score (nSPS) is 16.2. The molecular formula is C30H37N5O5. The number of fused-ring (bicyclic) bond motifs is 1. The van der Waals surface area contributed by atoms with Crippen molar-refractivity contribution in [2.75, 3.05) is 77.6 Å². The molecule has 2 aliphatic rings. The molecule has 0 spiro atoms. The summed E-state index contributed by atoms with van der Waals surface area (Å²) in [5, 5.41) is 3.47. The highest BCUT2D eigenvalue weighted by Gasteiger charge is 2.24. The second-order valence-corrected chi connectivity index (χ2v) is 10.1. The van der Waals surface area contributed by atoms with Crippen LogP contribution >= 0.6 is 0 Å². The third kappa shape index (κ3) is 6.46. The number of piperazine rings is 1. The molecule has 0 unspecified atom stereocenters. The number of benzene rings is 2. The molecule has 3 heterocycles. The number of para-hydroxylation sites is 1. The summed E-state index contributed by atoms with van der Waals surface area (Å²) in [6.45, 7) is 7.35. The number of methoxy groups -OCH3 is 1. The van der Waals surface area contributed by atoms with E-state index in [9.17, 15) is 14.4 Å². The van der Waals surface area contributed by atoms with Gasteiger partial charge in [-0.2, -0.15) is 0 Å². The van der Waals surface area contributed by atoms with Gasteiger partial charge in [-0.05, 0) is 43.3 Å². The Kier molecular flexibility index (Phi) is 8.98. The largest absolute Gasteiger partial charge is 0.497 e. The number of morpholine rings is 1. The molecule has 2 amide bonds. The number of amides is 2. The van der Waals surface area contributed by atoms with Gasteiger partial charge in [-0.1, -0.05) is 18.2 Å². The molecule has 2 saturated heterocycles. The fraction of sp³-hybridized carbons (Fsp3) is 0.433. The maximum Gasteiger partial charge on any atom is 0.292 e. The monoisotopic (exact) mass is 547 g/mol. The number of aromatic nitrogens is 1. The summed E-state index contributed by atoms with van der Waals surface area (Å²) in [6.07, 6.45) is 2.39. The number of carbonyl (C=O) groups is 3. The number of hydrogen-bond acceptors (Lipinski definition) is 7. The minimum atomic E-state index is -0.619. The van der Waals surface area contributed by atoms with Gasteiger partial charge >= 0.3 is 0 Å². The molecule has 5 rings (SSSR count). The second kappa shape index (κ2) is 13.0. The number of ketones is 1. The van der Waals surface area contributed by atoms with Crippen LogP contribution in [-0.2, 0) is 20.9 Å². The molecule has 212 valence electrons. The molecule has 40 heavy (non-hydrogen) atoms. The number of carbonyl (C=O) groups excluding carboxylic acids is 3. The van der Waals surface area contributed by atoms with Gasteiger partial charge in [0.2, 0.25) is 5.91 Å². The van der Waals surface area contributed by atoms with Crippen molar-refractivity contribution >= 4 is 34.2 Å². The molecule has 0 saturated carbocycles. The van der Waals surface area contributed by atoms with Crippen molar-refractivity contribution in [3.05, 3.63) is 60.3 Å². The van der Waals surface area contributed by atoms with Gasteiger partial charge in [-0.25, -0.2) is 0 Å². The molecule has 2 aromatic carbocycles. The zero-order valence-corrected chi connectivity index (χ0v) is 23.0. The molecule has 3 aromatic rings. The lowest BCUT2D eigenvalue weighted by molar-refractivity contribution is -0.135. The summed E-state index contributed by atoms with van der Waals surface area (Å²) in [5.41, 5.74) is 2.27. The summed E-state index contributed by atoms with van der Waals surface area (Å²) in [6, 6.07) is 15.5. The molecule has 10 heteroatoms. The van der Waals surface area contributed by atoms with Crippen molar-refractivity contribution in [2.24, 2.45) is 0 Å². The number of hydrogen-bond donors (Lipinski definition) is 1. The van der Waals surface area contributed by atoms with E-state index in [4.69, 9.17) is 9.47 Å². The third-order valence-corrected chi connectivity index (χ3v) is 7.66. The highest BCUT2D eigenvalue weighted by molar-refractivity contribution is 6.45. The Bertz CT molecular complexity index is 1320. The van der Waals surface area contributed by atoms with E-state index in [-0.39, 0.29) is 12.5 Å². The summed E-state index contributed by atoms with van der Waals surface area (Å²) in [7, 11) is 1.67. The zero-order valence-electron chi connectivity index (χ0n) is 23.0. The van der Waals surface area contributed by atoms with E-state index in [0.717, 1.165) is 50.4 Å². The second-order valence-electron chi connectivity index (χ2n) is 10.1. The highest BCUT2D eigenvalue weighted by Crippen LogP contribution is 2.23. The average Bonchev–Trinajstić information content (AvgIpc) is 3.37. The van der Waals surface area contributed by atoms with Gasteiger partial charge in [0.05, 0.1) is 25.9 Å². The zero-order chi connectivity index (χ0) is 27.9. The molecule has 0 radical (unpaired) electrons. The Hall–Kier alpha value is -3.89. The molecule has 0 bridgehead atoms. The summed E-state index contributed by atoms with van der Waals surface area (Å²) >= 11 is 0. The quantitative estimate of drug-likeness (QED) is 0.236. The average molecular weight is 548 g/mol. The fourth-order valence-corrected chi connectivity index (χ4v) is 5.35. The van der Waals surface area contributed by atoms with E-state index in [2.05, 4.69) is 27.2 Å². The predicted molar refractivity (Wildman–Crippen MR) is 153 cm³/mol. The van der Waals surface area contributed by atoms with E-state index in [1.807, 2.05) is 36.4 Å². The highest BCUT2D eigenvalue weighted by atomic mass is 16.5. The van der Waals surface area contributed by atoms with E-state index < -0.39 is 11.7 Å². The summed E-state index contributed by atoms with van der Waals surface area (Å²) in [5.74, 6) is -0.376. The van der Waals surface area contributed by atoms with Gasteiger partial charge in [0.1, 0.15) is 12.3 Å². The molecule has 1 aromatic heterocycles. The number of Topliss-reactive ketones (excluding diaryl/α,β-unsaturated/α-hetero) is 1. The number of ether oxygens (including phenoxy) is 2. The van der Waals surface area contributed by atoms with Crippen LogP contribution in [0, 0.1) is 0 Å². The predicted octanol–water partition coefficient (Wildman–Crippen LogP) is 2.02. The van der Waals surface area contributed by atoms with Crippen LogP contribution in [0.3, 0.4) is 0 Å². The Balaban J connectivity index is 1.10. The topological polar surface area (TPSA) is 96.3 Å². The first-order chi connectivity index (χ1) is 19.5. The van der Waals surface area contributed by atoms with Crippen LogP contribution in [0.5, 0.6) is 5.75 Å². The van der Waals surface area contributed by atoms with E-state index in [1.165, 1.54) is 5.69 Å². The van der Waals surface area contributed by atoms with Crippen LogP contribution in [0.4, 0.5) is 5.69 Å². The Labute approximate surface area is 234 Å². The number of rotatable bonds is 10. The lowest BCUT2D eigenvalue weighted by Crippen LogP contribution is -2.47. The van der Waals surface area contributed by atoms with Gasteiger partial charge in [0.25, 0.3) is 11.7 Å². The number of anilines is 1. The number of nitrogens with one attached hydrogen (secondary N) is 1. The van der Waals surface area contributed by atoms with Crippen LogP contribution in [0.1, 0.15) is 16.8 Å². The van der Waals surface area contributed by atoms with Crippen LogP contribution in [0.25, 0.3) is 10.9 Å². The maximum absolute atomic E-state index is 13.1. The molecule has 0 atom stereocenters. The van der Waals surface area contributed by atoms with Crippen LogP contribution in [0.15, 0.2) is 54.7 Å². The van der Waals surface area contributed by atoms with Crippen molar-refractivity contribution in [3.8, 4) is 5.75 Å². The van der Waals surface area contributed by atoms with Crippen LogP contribution in [0.2, 0.25) is 0 Å². The van der Waals surface area contributed by atoms with Crippen LogP contribution in [-0.4, -0.2) is 105 Å². The molecular weight excluding hydrogens is 510 g/mol. The molecule has 0 aliphatic carbocycles. The van der Waals surface area contributed by atoms with Crippen molar-refractivity contribution in [2.45, 2.75) is 13.0 Å². The first kappa shape index (κ1) is 27.7. The van der Waals surface area contributed by atoms with Gasteiger partial charge in [-0.3, -0.25) is 19.3 Å². The van der Waals surface area contributed by atoms with Crippen molar-refractivity contribution < 1.29 is 23.9 Å². The van der Waals surface area contributed by atoms with Crippen molar-refractivity contribution in [1.82, 2.24) is 19.7 Å². The molecule has 2 aliphatic heterocycles. The van der Waals surface area contributed by atoms with Crippen LogP contribution < -0.4 is 15.0 Å². The minimum Gasteiger partial charge on any atom is -0.497 e. The first-order valence-corrected chi connectivity index (χ1v) is 13.9. The molecule has 2 fully saturated rings. The first-order valence-electron chi connectivity index (χ1n) is 13.9. The van der Waals surface area contributed by atoms with E-state index in [1.54, 1.807) is 22.8 Å².